The summed E-state index contributed by atoms with van der Waals surface area (Å²) in [6.07, 6.45) is -0.383. The number of ether oxygens (including phenoxy) is 2. The minimum Gasteiger partial charge on any atom is -0.464 e. The van der Waals surface area contributed by atoms with E-state index in [0.717, 1.165) is 11.3 Å². The van der Waals surface area contributed by atoms with Crippen molar-refractivity contribution in [2.45, 2.75) is 37.9 Å². The number of allylic oxidation sites excluding steroid dienone is 3. The van der Waals surface area contributed by atoms with Crippen molar-refractivity contribution in [3.05, 3.63) is 79.2 Å². The number of nitrogens with zero attached hydrogens (tertiary/aromatic N) is 3. The Kier molecular flexibility index (Phi) is 7.00. The van der Waals surface area contributed by atoms with Gasteiger partial charge >= 0.3 is 0 Å². The second-order valence-electron chi connectivity index (χ2n) is 7.65. The van der Waals surface area contributed by atoms with Gasteiger partial charge in [0.2, 0.25) is 6.29 Å². The lowest BCUT2D eigenvalue weighted by molar-refractivity contribution is -0.229. The second-order valence-corrected chi connectivity index (χ2v) is 7.65. The first-order valence-electron chi connectivity index (χ1n) is 10.8. The lowest BCUT2D eigenvalue weighted by atomic mass is 10.0. The van der Waals surface area contributed by atoms with Crippen LogP contribution in [0.5, 0.6) is 5.75 Å². The normalized spacial score (nSPS) is 23.3. The molecule has 0 bridgehead atoms. The van der Waals surface area contributed by atoms with Gasteiger partial charge in [-0.05, 0) is 31.2 Å². The maximum absolute atomic E-state index is 10.2. The Hall–Kier alpha value is -3.30. The predicted octanol–water partition coefficient (Wildman–Crippen LogP) is 2.73. The molecule has 3 aromatic rings. The molecule has 33 heavy (non-hydrogen) atoms. The van der Waals surface area contributed by atoms with Gasteiger partial charge in [-0.15, -0.1) is 5.10 Å². The average molecular weight is 450 g/mol. The van der Waals surface area contributed by atoms with Gasteiger partial charge in [-0.2, -0.15) is 0 Å². The van der Waals surface area contributed by atoms with Gasteiger partial charge in [-0.25, -0.2) is 9.67 Å². The van der Waals surface area contributed by atoms with Crippen LogP contribution in [0.2, 0.25) is 0 Å². The van der Waals surface area contributed by atoms with E-state index in [1.165, 1.54) is 0 Å². The SMILES string of the molecule is C=C/C(=C\C)c1nc(-c2ccccc2OC2CC(O)C(O)C(CO)O2)n(-c2ccccc2)n1. The summed E-state index contributed by atoms with van der Waals surface area (Å²) < 4.78 is 13.5. The Morgan fingerprint density at radius 1 is 1.18 bits per heavy atom. The third-order valence-electron chi connectivity index (χ3n) is 5.50. The molecule has 2 aromatic carbocycles. The van der Waals surface area contributed by atoms with E-state index in [-0.39, 0.29) is 6.42 Å². The maximum Gasteiger partial charge on any atom is 0.202 e. The molecule has 3 N–H and O–H groups in total. The third-order valence-corrected chi connectivity index (χ3v) is 5.50. The van der Waals surface area contributed by atoms with E-state index in [2.05, 4.69) is 6.58 Å². The summed E-state index contributed by atoms with van der Waals surface area (Å²) in [5.41, 5.74) is 2.29. The van der Waals surface area contributed by atoms with Crippen molar-refractivity contribution in [3.63, 3.8) is 0 Å². The molecular formula is C25H27N3O5. The standard InChI is InChI=1S/C25H27N3O5/c1-3-16(4-2)24-26-25(28(27-24)17-10-6-5-7-11-17)18-12-8-9-13-20(18)32-22-14-19(30)23(31)21(15-29)33-22/h3-13,19,21-23,29-31H,1,14-15H2,2H3/b16-4+. The summed E-state index contributed by atoms with van der Waals surface area (Å²) in [5, 5.41) is 34.3. The molecule has 8 heteroatoms. The number of aliphatic hydroxyl groups is 3. The fourth-order valence-corrected chi connectivity index (χ4v) is 3.73. The molecule has 4 unspecified atom stereocenters. The molecule has 1 aromatic heterocycles. The highest BCUT2D eigenvalue weighted by Gasteiger charge is 2.37. The molecule has 8 nitrogen and oxygen atoms in total. The van der Waals surface area contributed by atoms with E-state index in [4.69, 9.17) is 19.6 Å². The Labute approximate surface area is 192 Å². The van der Waals surface area contributed by atoms with Crippen molar-refractivity contribution in [1.82, 2.24) is 14.8 Å². The summed E-state index contributed by atoms with van der Waals surface area (Å²) in [5.74, 6) is 1.55. The van der Waals surface area contributed by atoms with Gasteiger partial charge in [-0.1, -0.05) is 49.1 Å². The maximum atomic E-state index is 10.2. The Bertz CT molecular complexity index is 1130. The minimum atomic E-state index is -1.17. The molecule has 4 rings (SSSR count). The van der Waals surface area contributed by atoms with Gasteiger partial charge in [0.05, 0.1) is 24.0 Å². The molecule has 2 heterocycles. The van der Waals surface area contributed by atoms with Crippen molar-refractivity contribution in [2.24, 2.45) is 0 Å². The topological polar surface area (TPSA) is 110 Å². The van der Waals surface area contributed by atoms with Crippen LogP contribution in [0.4, 0.5) is 0 Å². The summed E-state index contributed by atoms with van der Waals surface area (Å²) in [6.45, 7) is 5.32. The first kappa shape index (κ1) is 22.9. The van der Waals surface area contributed by atoms with Crippen molar-refractivity contribution in [1.29, 1.82) is 0 Å². The van der Waals surface area contributed by atoms with Gasteiger partial charge in [0, 0.05) is 12.0 Å². The highest BCUT2D eigenvalue weighted by atomic mass is 16.7. The van der Waals surface area contributed by atoms with Gasteiger partial charge in [0.25, 0.3) is 0 Å². The van der Waals surface area contributed by atoms with E-state index in [1.807, 2.05) is 61.5 Å². The molecule has 4 atom stereocenters. The zero-order valence-corrected chi connectivity index (χ0v) is 18.3. The average Bonchev–Trinajstić information content (AvgIpc) is 3.28. The van der Waals surface area contributed by atoms with Crippen molar-refractivity contribution in [3.8, 4) is 22.8 Å². The monoisotopic (exact) mass is 449 g/mol. The Morgan fingerprint density at radius 2 is 1.91 bits per heavy atom. The van der Waals surface area contributed by atoms with E-state index in [1.54, 1.807) is 16.8 Å². The molecule has 0 amide bonds. The molecule has 0 saturated carbocycles. The van der Waals surface area contributed by atoms with Crippen LogP contribution < -0.4 is 4.74 Å². The summed E-state index contributed by atoms with van der Waals surface area (Å²) in [6, 6.07) is 17.0. The van der Waals surface area contributed by atoms with Crippen LogP contribution in [0.3, 0.4) is 0 Å². The highest BCUT2D eigenvalue weighted by molar-refractivity contribution is 5.72. The van der Waals surface area contributed by atoms with Crippen LogP contribution in [0.1, 0.15) is 19.2 Å². The van der Waals surface area contributed by atoms with Crippen LogP contribution in [0.15, 0.2) is 73.3 Å². The van der Waals surface area contributed by atoms with Crippen LogP contribution in [-0.2, 0) is 4.74 Å². The van der Waals surface area contributed by atoms with E-state index in [0.29, 0.717) is 23.0 Å². The third kappa shape index (κ3) is 4.74. The number of aliphatic hydroxyl groups excluding tert-OH is 3. The molecular weight excluding hydrogens is 422 g/mol. The van der Waals surface area contributed by atoms with Gasteiger partial charge < -0.3 is 24.8 Å². The highest BCUT2D eigenvalue weighted by Crippen LogP contribution is 2.33. The number of benzene rings is 2. The van der Waals surface area contributed by atoms with E-state index < -0.39 is 31.2 Å². The summed E-state index contributed by atoms with van der Waals surface area (Å²) in [4.78, 5) is 4.77. The quantitative estimate of drug-likeness (QED) is 0.476. The van der Waals surface area contributed by atoms with E-state index in [9.17, 15) is 15.3 Å². The second kappa shape index (κ2) is 10.1. The van der Waals surface area contributed by atoms with Crippen molar-refractivity contribution >= 4 is 5.57 Å². The molecule has 0 aliphatic carbocycles. The number of hydrogen-bond donors (Lipinski definition) is 3. The molecule has 1 aliphatic heterocycles. The first-order valence-corrected chi connectivity index (χ1v) is 10.8. The van der Waals surface area contributed by atoms with E-state index >= 15 is 0 Å². The number of hydrogen-bond acceptors (Lipinski definition) is 7. The predicted molar refractivity (Wildman–Crippen MR) is 124 cm³/mol. The fourth-order valence-electron chi connectivity index (χ4n) is 3.73. The molecule has 1 saturated heterocycles. The largest absolute Gasteiger partial charge is 0.464 e. The van der Waals surface area contributed by atoms with Crippen LogP contribution in [0, 0.1) is 0 Å². The van der Waals surface area contributed by atoms with Crippen LogP contribution in [0.25, 0.3) is 22.6 Å². The van der Waals surface area contributed by atoms with Crippen LogP contribution >= 0.6 is 0 Å². The van der Waals surface area contributed by atoms with Gasteiger partial charge in [0.15, 0.2) is 11.6 Å². The fraction of sp³-hybridized carbons (Fsp3) is 0.280. The first-order chi connectivity index (χ1) is 16.0. The lowest BCUT2D eigenvalue weighted by Crippen LogP contribution is -2.51. The number of rotatable bonds is 7. The Morgan fingerprint density at radius 3 is 2.61 bits per heavy atom. The summed E-state index contributed by atoms with van der Waals surface area (Å²) >= 11 is 0. The zero-order valence-electron chi connectivity index (χ0n) is 18.3. The molecule has 0 spiro atoms. The Balaban J connectivity index is 1.75. The molecule has 1 aliphatic rings. The van der Waals surface area contributed by atoms with Crippen molar-refractivity contribution in [2.75, 3.05) is 6.61 Å². The minimum absolute atomic E-state index is 0.0574. The van der Waals surface area contributed by atoms with Crippen LogP contribution in [-0.4, -0.2) is 61.3 Å². The molecule has 172 valence electrons. The van der Waals surface area contributed by atoms with Gasteiger partial charge in [-0.3, -0.25) is 0 Å². The number of aromatic nitrogens is 3. The number of para-hydroxylation sites is 2. The molecule has 1 fully saturated rings. The summed E-state index contributed by atoms with van der Waals surface area (Å²) in [7, 11) is 0. The molecule has 0 radical (unpaired) electrons. The smallest absolute Gasteiger partial charge is 0.202 e. The van der Waals surface area contributed by atoms with Gasteiger partial charge in [0.1, 0.15) is 18.0 Å². The van der Waals surface area contributed by atoms with Crippen molar-refractivity contribution < 1.29 is 24.8 Å². The zero-order chi connectivity index (χ0) is 23.4. The lowest BCUT2D eigenvalue weighted by Gasteiger charge is -2.36.